The number of hydrogen-bond acceptors (Lipinski definition) is 7. The molecule has 0 saturated heterocycles. The molecule has 0 radical (unpaired) electrons. The molecule has 0 aliphatic carbocycles. The van der Waals surface area contributed by atoms with Crippen molar-refractivity contribution in [3.05, 3.63) is 97.7 Å². The van der Waals surface area contributed by atoms with Gasteiger partial charge in [-0.25, -0.2) is 4.68 Å². The summed E-state index contributed by atoms with van der Waals surface area (Å²) in [5.74, 6) is 2.49. The predicted molar refractivity (Wildman–Crippen MR) is 190 cm³/mol. The van der Waals surface area contributed by atoms with Crippen LogP contribution >= 0.6 is 27.7 Å². The summed E-state index contributed by atoms with van der Waals surface area (Å²) in [4.78, 5) is 18.9. The third-order valence-electron chi connectivity index (χ3n) is 8.05. The maximum atomic E-state index is 14.1. The van der Waals surface area contributed by atoms with E-state index in [1.165, 1.54) is 16.7 Å². The lowest BCUT2D eigenvalue weighted by Gasteiger charge is -2.29. The lowest BCUT2D eigenvalue weighted by molar-refractivity contribution is -0.113. The van der Waals surface area contributed by atoms with Crippen LogP contribution < -0.4 is 20.1 Å². The number of carbonyl (C=O) groups is 1. The topological polar surface area (TPSA) is 90.3 Å². The molecule has 1 atom stereocenters. The van der Waals surface area contributed by atoms with Crippen molar-refractivity contribution >= 4 is 45.2 Å². The minimum atomic E-state index is -0.569. The van der Waals surface area contributed by atoms with Crippen LogP contribution in [0.1, 0.15) is 73.0 Å². The molecule has 0 bridgehead atoms. The van der Waals surface area contributed by atoms with Gasteiger partial charge in [-0.15, -0.1) is 5.10 Å². The van der Waals surface area contributed by atoms with E-state index in [-0.39, 0.29) is 5.91 Å². The van der Waals surface area contributed by atoms with Crippen LogP contribution in [0.25, 0.3) is 0 Å². The Kier molecular flexibility index (Phi) is 10.8. The minimum absolute atomic E-state index is 0.221. The van der Waals surface area contributed by atoms with Crippen molar-refractivity contribution in [2.75, 3.05) is 23.0 Å². The number of carbonyl (C=O) groups excluding carboxylic acids is 1. The van der Waals surface area contributed by atoms with Crippen molar-refractivity contribution in [2.45, 2.75) is 79.1 Å². The minimum Gasteiger partial charge on any atom is -0.490 e. The van der Waals surface area contributed by atoms with Gasteiger partial charge in [0, 0.05) is 17.1 Å². The molecule has 10 heteroatoms. The molecule has 1 aliphatic heterocycles. The first-order valence-corrected chi connectivity index (χ1v) is 17.5. The van der Waals surface area contributed by atoms with E-state index in [0.29, 0.717) is 47.1 Å². The Labute approximate surface area is 284 Å². The number of nitrogens with zero attached hydrogens (tertiary/aromatic N) is 3. The zero-order chi connectivity index (χ0) is 33.0. The van der Waals surface area contributed by atoms with E-state index < -0.39 is 6.04 Å². The molecule has 2 N–H and O–H groups in total. The number of rotatable bonds is 12. The summed E-state index contributed by atoms with van der Waals surface area (Å²) in [6.45, 7) is 15.2. The fraction of sp³-hybridized carbons (Fsp3) is 0.361. The van der Waals surface area contributed by atoms with Gasteiger partial charge in [0.1, 0.15) is 12.6 Å². The van der Waals surface area contributed by atoms with E-state index in [4.69, 9.17) is 19.6 Å². The van der Waals surface area contributed by atoms with Crippen molar-refractivity contribution < 1.29 is 14.3 Å². The molecule has 1 amide bonds. The monoisotopic (exact) mass is 703 g/mol. The average molecular weight is 705 g/mol. The standard InChI is InChI=1S/C36H42BrN5O3S/c1-8-10-14-46-36-40-35-38-25(7)31(34(43)39-28-13-11-12-21(3)15-28)32(42(35)41-36)26-18-29(37)33(30(19-26)44-9-2)45-20-27-17-23(5)22(4)16-24(27)6/h11-13,15-19,32H,8-10,14,20H2,1-7H3,(H,39,43)(H,38,40,41). The number of nitrogens with one attached hydrogen (secondary N) is 2. The second-order valence-corrected chi connectivity index (χ2v) is 13.6. The van der Waals surface area contributed by atoms with Gasteiger partial charge in [0.25, 0.3) is 5.91 Å². The second-order valence-electron chi connectivity index (χ2n) is 11.7. The molecular formula is C36H42BrN5O3S. The Balaban J connectivity index is 1.56. The van der Waals surface area contributed by atoms with Crippen molar-refractivity contribution in [3.8, 4) is 11.5 Å². The Morgan fingerprint density at radius 3 is 2.54 bits per heavy atom. The zero-order valence-corrected chi connectivity index (χ0v) is 30.0. The van der Waals surface area contributed by atoms with Gasteiger partial charge in [0.05, 0.1) is 16.7 Å². The number of unbranched alkanes of at least 4 members (excludes halogenated alkanes) is 1. The van der Waals surface area contributed by atoms with Crippen molar-refractivity contribution in [1.29, 1.82) is 0 Å². The molecule has 5 rings (SSSR count). The van der Waals surface area contributed by atoms with E-state index in [2.05, 4.69) is 66.4 Å². The van der Waals surface area contributed by atoms with Gasteiger partial charge in [-0.2, -0.15) is 4.98 Å². The van der Waals surface area contributed by atoms with Crippen LogP contribution in [0.5, 0.6) is 11.5 Å². The molecule has 46 heavy (non-hydrogen) atoms. The number of ether oxygens (including phenoxy) is 2. The predicted octanol–water partition coefficient (Wildman–Crippen LogP) is 9.07. The van der Waals surface area contributed by atoms with Gasteiger partial charge in [-0.3, -0.25) is 4.79 Å². The van der Waals surface area contributed by atoms with Gasteiger partial charge < -0.3 is 20.1 Å². The van der Waals surface area contributed by atoms with Crippen LogP contribution in [0.3, 0.4) is 0 Å². The number of aryl methyl sites for hydroxylation is 4. The Bertz CT molecular complexity index is 1780. The van der Waals surface area contributed by atoms with Gasteiger partial charge in [0.15, 0.2) is 11.5 Å². The van der Waals surface area contributed by atoms with E-state index in [9.17, 15) is 4.79 Å². The molecular weight excluding hydrogens is 662 g/mol. The molecule has 1 unspecified atom stereocenters. The van der Waals surface area contributed by atoms with Gasteiger partial charge in [-0.05, 0) is 122 Å². The molecule has 4 aromatic rings. The molecule has 0 fully saturated rings. The highest BCUT2D eigenvalue weighted by Crippen LogP contribution is 2.44. The van der Waals surface area contributed by atoms with Gasteiger partial charge in [-0.1, -0.05) is 49.4 Å². The average Bonchev–Trinajstić information content (AvgIpc) is 3.40. The summed E-state index contributed by atoms with van der Waals surface area (Å²) in [5.41, 5.74) is 8.64. The number of benzene rings is 3. The summed E-state index contributed by atoms with van der Waals surface area (Å²) in [5, 5.41) is 12.0. The van der Waals surface area contributed by atoms with Crippen LogP contribution in [-0.4, -0.2) is 33.0 Å². The highest BCUT2D eigenvalue weighted by atomic mass is 79.9. The van der Waals surface area contributed by atoms with Crippen molar-refractivity contribution in [3.63, 3.8) is 0 Å². The van der Waals surface area contributed by atoms with Crippen LogP contribution in [0.15, 0.2) is 69.4 Å². The Morgan fingerprint density at radius 1 is 1.02 bits per heavy atom. The van der Waals surface area contributed by atoms with Crippen molar-refractivity contribution in [1.82, 2.24) is 14.8 Å². The van der Waals surface area contributed by atoms with Crippen LogP contribution in [0.4, 0.5) is 11.6 Å². The molecule has 3 aromatic carbocycles. The number of amides is 1. The highest BCUT2D eigenvalue weighted by molar-refractivity contribution is 9.10. The summed E-state index contributed by atoms with van der Waals surface area (Å²) in [7, 11) is 0. The molecule has 1 aliphatic rings. The molecule has 1 aromatic heterocycles. The fourth-order valence-electron chi connectivity index (χ4n) is 5.50. The van der Waals surface area contributed by atoms with E-state index in [1.54, 1.807) is 11.8 Å². The first-order valence-electron chi connectivity index (χ1n) is 15.7. The van der Waals surface area contributed by atoms with Gasteiger partial charge >= 0.3 is 0 Å². The normalized spacial score (nSPS) is 14.1. The van der Waals surface area contributed by atoms with Crippen LogP contribution in [-0.2, 0) is 11.4 Å². The zero-order valence-electron chi connectivity index (χ0n) is 27.6. The first-order chi connectivity index (χ1) is 22.1. The largest absolute Gasteiger partial charge is 0.490 e. The number of halogens is 1. The lowest BCUT2D eigenvalue weighted by Crippen LogP contribution is -2.31. The number of thioether (sulfide) groups is 1. The Morgan fingerprint density at radius 2 is 1.80 bits per heavy atom. The summed E-state index contributed by atoms with van der Waals surface area (Å²) < 4.78 is 15.1. The number of aromatic nitrogens is 3. The molecule has 242 valence electrons. The smallest absolute Gasteiger partial charge is 0.255 e. The second kappa shape index (κ2) is 14.8. The Hall–Kier alpha value is -3.76. The highest BCUT2D eigenvalue weighted by Gasteiger charge is 2.35. The fourth-order valence-corrected chi connectivity index (χ4v) is 6.98. The lowest BCUT2D eigenvalue weighted by atomic mass is 9.94. The van der Waals surface area contributed by atoms with Crippen LogP contribution in [0, 0.1) is 27.7 Å². The quantitative estimate of drug-likeness (QED) is 0.112. The van der Waals surface area contributed by atoms with E-state index in [1.807, 2.05) is 61.9 Å². The number of fused-ring (bicyclic) bond motifs is 1. The molecule has 8 nitrogen and oxygen atoms in total. The third kappa shape index (κ3) is 7.44. The summed E-state index contributed by atoms with van der Waals surface area (Å²) in [6, 6.07) is 15.5. The molecule has 0 saturated carbocycles. The molecule has 0 spiro atoms. The molecule has 2 heterocycles. The van der Waals surface area contributed by atoms with Crippen molar-refractivity contribution in [2.24, 2.45) is 0 Å². The first kappa shape index (κ1) is 33.6. The number of anilines is 2. The summed E-state index contributed by atoms with van der Waals surface area (Å²) in [6.07, 6.45) is 2.16. The van der Waals surface area contributed by atoms with E-state index >= 15 is 0 Å². The number of allylic oxidation sites excluding steroid dienone is 1. The number of hydrogen-bond donors (Lipinski definition) is 2. The maximum absolute atomic E-state index is 14.1. The summed E-state index contributed by atoms with van der Waals surface area (Å²) >= 11 is 5.41. The van der Waals surface area contributed by atoms with Gasteiger partial charge in [0.2, 0.25) is 11.1 Å². The SMILES string of the molecule is CCCCSc1nc2n(n1)C(c1cc(Br)c(OCc3cc(C)c(C)cc3C)c(OCC)c1)C(C(=O)Nc1cccc(C)c1)=C(C)N2. The maximum Gasteiger partial charge on any atom is 0.255 e. The van der Waals surface area contributed by atoms with Crippen LogP contribution in [0.2, 0.25) is 0 Å². The van der Waals surface area contributed by atoms with E-state index in [0.717, 1.165) is 45.4 Å². The third-order valence-corrected chi connectivity index (χ3v) is 9.57.